The topological polar surface area (TPSA) is 182 Å². The fraction of sp³-hybridized carbons (Fsp3) is 0.826. The zero-order valence-corrected chi connectivity index (χ0v) is 22.0. The Labute approximate surface area is 212 Å². The smallest absolute Gasteiger partial charge is 0.407 e. The maximum atomic E-state index is 11.7. The number of ether oxygens (including phenoxy) is 4. The summed E-state index contributed by atoms with van der Waals surface area (Å²) < 4.78 is 19.5. The van der Waals surface area contributed by atoms with Crippen LogP contribution >= 0.6 is 0 Å². The van der Waals surface area contributed by atoms with Gasteiger partial charge < -0.3 is 45.1 Å². The molecular formula is C23H43N3O10. The molecule has 1 amide bonds. The summed E-state index contributed by atoms with van der Waals surface area (Å²) in [6.45, 7) is 10.2. The van der Waals surface area contributed by atoms with Gasteiger partial charge in [-0.15, -0.1) is 0 Å². The third kappa shape index (κ3) is 19.8. The van der Waals surface area contributed by atoms with E-state index in [1.54, 1.807) is 13.8 Å². The Bertz CT molecular complexity index is 667. The molecule has 0 radical (unpaired) electrons. The van der Waals surface area contributed by atoms with Crippen LogP contribution in [-0.2, 0) is 33.3 Å². The summed E-state index contributed by atoms with van der Waals surface area (Å²) in [5.74, 6) is -2.43. The second-order valence-corrected chi connectivity index (χ2v) is 9.37. The standard InChI is InChI=1S/C23H43N3O10/c1-16(2)21(31)36-18(12-27)15-34-20(30)7-6-19(29)33-13-17(28)14-35-22(32)25-10-8-24-9-11-26-23(3,4)5/h16-18,24,26-28H,6-15H2,1-5H3,(H,25,32). The number of rotatable bonds is 18. The molecule has 36 heavy (non-hydrogen) atoms. The third-order valence-electron chi connectivity index (χ3n) is 4.29. The zero-order chi connectivity index (χ0) is 27.6. The summed E-state index contributed by atoms with van der Waals surface area (Å²) in [7, 11) is 0. The normalized spacial score (nSPS) is 13.0. The molecule has 0 aliphatic heterocycles. The monoisotopic (exact) mass is 521 g/mol. The van der Waals surface area contributed by atoms with Gasteiger partial charge in [-0.2, -0.15) is 0 Å². The number of esters is 3. The van der Waals surface area contributed by atoms with Crippen molar-refractivity contribution in [1.29, 1.82) is 0 Å². The molecule has 13 heteroatoms. The van der Waals surface area contributed by atoms with Crippen LogP contribution < -0.4 is 16.0 Å². The van der Waals surface area contributed by atoms with Crippen molar-refractivity contribution in [2.75, 3.05) is 52.6 Å². The minimum atomic E-state index is -1.23. The molecule has 0 aromatic rings. The number of aliphatic hydroxyl groups excluding tert-OH is 2. The van der Waals surface area contributed by atoms with Crippen LogP contribution in [0.5, 0.6) is 0 Å². The number of hydrogen-bond donors (Lipinski definition) is 5. The minimum Gasteiger partial charge on any atom is -0.463 e. The highest BCUT2D eigenvalue weighted by Crippen LogP contribution is 2.03. The molecule has 0 saturated carbocycles. The van der Waals surface area contributed by atoms with Gasteiger partial charge >= 0.3 is 24.0 Å². The Morgan fingerprint density at radius 2 is 1.39 bits per heavy atom. The second kappa shape index (κ2) is 18.7. The maximum absolute atomic E-state index is 11.7. The van der Waals surface area contributed by atoms with Gasteiger partial charge in [-0.1, -0.05) is 13.8 Å². The number of carbonyl (C=O) groups excluding carboxylic acids is 4. The summed E-state index contributed by atoms with van der Waals surface area (Å²) in [6, 6.07) is 0. The fourth-order valence-corrected chi connectivity index (χ4v) is 2.32. The molecule has 0 fully saturated rings. The van der Waals surface area contributed by atoms with Crippen molar-refractivity contribution in [2.45, 2.75) is 65.2 Å². The number of aliphatic hydroxyl groups is 2. The first-order valence-corrected chi connectivity index (χ1v) is 12.0. The van der Waals surface area contributed by atoms with E-state index in [2.05, 4.69) is 36.7 Å². The SMILES string of the molecule is CC(C)C(=O)OC(CO)COC(=O)CCC(=O)OCC(O)COC(=O)NCCNCCNC(C)(C)C. The Kier molecular flexibility index (Phi) is 17.5. The van der Waals surface area contributed by atoms with E-state index in [1.165, 1.54) is 0 Å². The average Bonchev–Trinajstić information content (AvgIpc) is 2.80. The molecule has 2 unspecified atom stereocenters. The van der Waals surface area contributed by atoms with E-state index < -0.39 is 55.3 Å². The van der Waals surface area contributed by atoms with Crippen LogP contribution in [0.25, 0.3) is 0 Å². The lowest BCUT2D eigenvalue weighted by atomic mass is 10.1. The van der Waals surface area contributed by atoms with Crippen LogP contribution in [-0.4, -0.2) is 105 Å². The number of alkyl carbamates (subject to hydrolysis) is 1. The van der Waals surface area contributed by atoms with Crippen LogP contribution in [0, 0.1) is 5.92 Å². The van der Waals surface area contributed by atoms with Gasteiger partial charge in [0, 0.05) is 31.7 Å². The molecule has 13 nitrogen and oxygen atoms in total. The van der Waals surface area contributed by atoms with E-state index in [1.807, 2.05) is 0 Å². The lowest BCUT2D eigenvalue weighted by molar-refractivity contribution is -0.164. The van der Waals surface area contributed by atoms with Gasteiger partial charge in [-0.05, 0) is 20.8 Å². The fourth-order valence-electron chi connectivity index (χ4n) is 2.32. The molecular weight excluding hydrogens is 478 g/mol. The lowest BCUT2D eigenvalue weighted by Crippen LogP contribution is -2.41. The molecule has 0 bridgehead atoms. The first-order valence-electron chi connectivity index (χ1n) is 12.0. The molecule has 0 spiro atoms. The molecule has 210 valence electrons. The molecule has 0 aromatic heterocycles. The Balaban J connectivity index is 3.86. The van der Waals surface area contributed by atoms with Crippen molar-refractivity contribution >= 4 is 24.0 Å². The van der Waals surface area contributed by atoms with Gasteiger partial charge in [0.2, 0.25) is 0 Å². The number of hydrogen-bond acceptors (Lipinski definition) is 12. The molecule has 0 saturated heterocycles. The van der Waals surface area contributed by atoms with Gasteiger partial charge in [0.05, 0.1) is 25.4 Å². The summed E-state index contributed by atoms with van der Waals surface area (Å²) in [5, 5.41) is 28.0. The van der Waals surface area contributed by atoms with Gasteiger partial charge in [-0.3, -0.25) is 14.4 Å². The van der Waals surface area contributed by atoms with E-state index >= 15 is 0 Å². The first kappa shape index (κ1) is 33.5. The number of nitrogens with one attached hydrogen (secondary N) is 3. The molecule has 2 atom stereocenters. The van der Waals surface area contributed by atoms with Crippen molar-refractivity contribution in [2.24, 2.45) is 5.92 Å². The summed E-state index contributed by atoms with van der Waals surface area (Å²) in [5.41, 5.74) is 0.0433. The maximum Gasteiger partial charge on any atom is 0.407 e. The van der Waals surface area contributed by atoms with Crippen LogP contribution in [0.2, 0.25) is 0 Å². The molecule has 0 rings (SSSR count). The van der Waals surface area contributed by atoms with Gasteiger partial charge in [0.25, 0.3) is 0 Å². The summed E-state index contributed by atoms with van der Waals surface area (Å²) in [4.78, 5) is 46.6. The molecule has 0 heterocycles. The van der Waals surface area contributed by atoms with E-state index in [4.69, 9.17) is 18.9 Å². The van der Waals surface area contributed by atoms with Crippen LogP contribution in [0.4, 0.5) is 4.79 Å². The van der Waals surface area contributed by atoms with Crippen LogP contribution in [0.1, 0.15) is 47.5 Å². The van der Waals surface area contributed by atoms with Crippen molar-refractivity contribution in [1.82, 2.24) is 16.0 Å². The molecule has 5 N–H and O–H groups in total. The van der Waals surface area contributed by atoms with Crippen LogP contribution in [0.15, 0.2) is 0 Å². The molecule has 0 aliphatic rings. The second-order valence-electron chi connectivity index (χ2n) is 9.37. The predicted octanol–water partition coefficient (Wildman–Crippen LogP) is -0.522. The Morgan fingerprint density at radius 1 is 0.833 bits per heavy atom. The molecule has 0 aliphatic carbocycles. The van der Waals surface area contributed by atoms with Crippen molar-refractivity contribution in [3.05, 3.63) is 0 Å². The van der Waals surface area contributed by atoms with Crippen molar-refractivity contribution in [3.8, 4) is 0 Å². The average molecular weight is 522 g/mol. The third-order valence-corrected chi connectivity index (χ3v) is 4.29. The van der Waals surface area contributed by atoms with E-state index in [-0.39, 0.29) is 31.6 Å². The van der Waals surface area contributed by atoms with Gasteiger partial charge in [0.15, 0.2) is 6.10 Å². The van der Waals surface area contributed by atoms with E-state index in [0.717, 1.165) is 13.1 Å². The van der Waals surface area contributed by atoms with Crippen molar-refractivity contribution < 1.29 is 48.3 Å². The van der Waals surface area contributed by atoms with E-state index in [0.29, 0.717) is 13.1 Å². The summed E-state index contributed by atoms with van der Waals surface area (Å²) in [6.07, 6.45) is -3.53. The van der Waals surface area contributed by atoms with E-state index in [9.17, 15) is 29.4 Å². The highest BCUT2D eigenvalue weighted by Gasteiger charge is 2.19. The minimum absolute atomic E-state index is 0.0433. The quantitative estimate of drug-likeness (QED) is 0.0885. The lowest BCUT2D eigenvalue weighted by Gasteiger charge is -2.20. The first-order chi connectivity index (χ1) is 16.8. The van der Waals surface area contributed by atoms with Crippen molar-refractivity contribution in [3.63, 3.8) is 0 Å². The number of carbonyl (C=O) groups is 4. The summed E-state index contributed by atoms with van der Waals surface area (Å²) >= 11 is 0. The number of amides is 1. The Morgan fingerprint density at radius 3 is 1.94 bits per heavy atom. The van der Waals surface area contributed by atoms with Gasteiger partial charge in [-0.25, -0.2) is 4.79 Å². The highest BCUT2D eigenvalue weighted by atomic mass is 16.6. The zero-order valence-electron chi connectivity index (χ0n) is 22.0. The highest BCUT2D eigenvalue weighted by molar-refractivity contribution is 5.77. The largest absolute Gasteiger partial charge is 0.463 e. The van der Waals surface area contributed by atoms with Crippen LogP contribution in [0.3, 0.4) is 0 Å². The van der Waals surface area contributed by atoms with Gasteiger partial charge in [0.1, 0.15) is 25.9 Å². The molecule has 0 aromatic carbocycles. The Hall–Kier alpha value is -2.48. The predicted molar refractivity (Wildman–Crippen MR) is 129 cm³/mol.